The van der Waals surface area contributed by atoms with Crippen LogP contribution in [0.4, 0.5) is 0 Å². The van der Waals surface area contributed by atoms with Gasteiger partial charge >= 0.3 is 0 Å². The molecular weight excluding hydrogens is 274 g/mol. The zero-order chi connectivity index (χ0) is 16.2. The maximum atomic E-state index is 10.6. The summed E-state index contributed by atoms with van der Waals surface area (Å²) in [7, 11) is 0. The van der Waals surface area contributed by atoms with Gasteiger partial charge < -0.3 is 31.2 Å². The molecule has 0 radical (unpaired) electrons. The number of aliphatic hydroxyl groups is 2. The minimum atomic E-state index is -0.964. The fraction of sp³-hybridized carbons (Fsp3) is 1.00. The van der Waals surface area contributed by atoms with Crippen LogP contribution in [0.25, 0.3) is 0 Å². The quantitative estimate of drug-likeness (QED) is 0.490. The highest BCUT2D eigenvalue weighted by molar-refractivity contribution is 4.95. The van der Waals surface area contributed by atoms with Crippen molar-refractivity contribution >= 4 is 0 Å². The van der Waals surface area contributed by atoms with E-state index in [-0.39, 0.29) is 0 Å². The molecule has 7 heteroatoms. The molecule has 0 aliphatic carbocycles. The van der Waals surface area contributed by atoms with Gasteiger partial charge in [-0.05, 0) is 27.7 Å². The van der Waals surface area contributed by atoms with E-state index in [1.807, 2.05) is 25.7 Å². The predicted molar refractivity (Wildman–Crippen MR) is 80.7 cm³/mol. The number of aliphatic hydroxyl groups excluding tert-OH is 2. The Morgan fingerprint density at radius 3 is 2.05 bits per heavy atom. The average Bonchev–Trinajstić information content (AvgIpc) is 2.35. The molecule has 0 amide bonds. The van der Waals surface area contributed by atoms with Crippen LogP contribution < -0.4 is 11.5 Å². The molecule has 0 bridgehead atoms. The molecule has 0 saturated carbocycles. The lowest BCUT2D eigenvalue weighted by Gasteiger charge is -2.47. The number of hydrogen-bond acceptors (Lipinski definition) is 7. The van der Waals surface area contributed by atoms with Gasteiger partial charge in [-0.3, -0.25) is 4.90 Å². The molecular formula is C14H31N3O4. The van der Waals surface area contributed by atoms with Crippen molar-refractivity contribution in [3.63, 3.8) is 0 Å². The van der Waals surface area contributed by atoms with Crippen molar-refractivity contribution < 1.29 is 19.7 Å². The van der Waals surface area contributed by atoms with Crippen LogP contribution in [0.2, 0.25) is 0 Å². The molecule has 1 rings (SSSR count). The summed E-state index contributed by atoms with van der Waals surface area (Å²) in [6, 6.07) is -0.506. The van der Waals surface area contributed by atoms with E-state index in [4.69, 9.17) is 20.9 Å². The van der Waals surface area contributed by atoms with Gasteiger partial charge in [0.05, 0.1) is 23.9 Å². The summed E-state index contributed by atoms with van der Waals surface area (Å²) >= 11 is 0. The fourth-order valence-corrected chi connectivity index (χ4v) is 2.63. The normalized spacial score (nSPS) is 34.4. The van der Waals surface area contributed by atoms with Gasteiger partial charge in [0.25, 0.3) is 0 Å². The summed E-state index contributed by atoms with van der Waals surface area (Å²) in [5, 5.41) is 21.0. The molecule has 0 unspecified atom stereocenters. The van der Waals surface area contributed by atoms with E-state index in [0.29, 0.717) is 26.2 Å². The number of nitrogens with zero attached hydrogens (tertiary/aromatic N) is 1. The molecule has 21 heavy (non-hydrogen) atoms. The summed E-state index contributed by atoms with van der Waals surface area (Å²) in [5.41, 5.74) is 10.8. The third-order valence-electron chi connectivity index (χ3n) is 3.53. The molecule has 0 aromatic heterocycles. The Hall–Kier alpha value is -0.280. The largest absolute Gasteiger partial charge is 0.389 e. The van der Waals surface area contributed by atoms with Crippen LogP contribution in [0.1, 0.15) is 27.7 Å². The van der Waals surface area contributed by atoms with E-state index in [0.717, 1.165) is 0 Å². The summed E-state index contributed by atoms with van der Waals surface area (Å²) in [6.45, 7) is 9.40. The SMILES string of the molecule is C[C@H]1O[C@@H](OC(C)(C)C)[C@@H](O)[C@@H](N(CCN)CCN)[C@@H]1O. The lowest BCUT2D eigenvalue weighted by atomic mass is 9.94. The zero-order valence-electron chi connectivity index (χ0n) is 13.5. The highest BCUT2D eigenvalue weighted by Gasteiger charge is 2.46. The minimum absolute atomic E-state index is 0.427. The van der Waals surface area contributed by atoms with Gasteiger partial charge in [-0.1, -0.05) is 0 Å². The number of hydrogen-bond donors (Lipinski definition) is 4. The van der Waals surface area contributed by atoms with Crippen molar-refractivity contribution in [2.75, 3.05) is 26.2 Å². The van der Waals surface area contributed by atoms with Gasteiger partial charge in [0.2, 0.25) is 0 Å². The average molecular weight is 305 g/mol. The summed E-state index contributed by atoms with van der Waals surface area (Å²) < 4.78 is 11.4. The van der Waals surface area contributed by atoms with Crippen molar-refractivity contribution in [2.45, 2.75) is 63.9 Å². The molecule has 5 atom stereocenters. The third-order valence-corrected chi connectivity index (χ3v) is 3.53. The molecule has 1 heterocycles. The van der Waals surface area contributed by atoms with E-state index in [1.165, 1.54) is 0 Å². The Kier molecular flexibility index (Phi) is 6.99. The smallest absolute Gasteiger partial charge is 0.186 e. The molecule has 6 N–H and O–H groups in total. The number of nitrogens with two attached hydrogens (primary N) is 2. The first-order valence-electron chi connectivity index (χ1n) is 7.55. The molecule has 126 valence electrons. The molecule has 1 saturated heterocycles. The van der Waals surface area contributed by atoms with Gasteiger partial charge in [0.1, 0.15) is 6.10 Å². The summed E-state index contributed by atoms with van der Waals surface area (Å²) in [4.78, 5) is 1.91. The van der Waals surface area contributed by atoms with Crippen LogP contribution >= 0.6 is 0 Å². The maximum Gasteiger partial charge on any atom is 0.186 e. The first-order chi connectivity index (χ1) is 9.71. The zero-order valence-corrected chi connectivity index (χ0v) is 13.5. The van der Waals surface area contributed by atoms with Crippen molar-refractivity contribution in [2.24, 2.45) is 11.5 Å². The van der Waals surface area contributed by atoms with Crippen molar-refractivity contribution in [1.29, 1.82) is 0 Å². The highest BCUT2D eigenvalue weighted by atomic mass is 16.7. The highest BCUT2D eigenvalue weighted by Crippen LogP contribution is 2.28. The summed E-state index contributed by atoms with van der Waals surface area (Å²) in [6.07, 6.45) is -3.01. The number of rotatable bonds is 6. The minimum Gasteiger partial charge on any atom is -0.389 e. The topological polar surface area (TPSA) is 114 Å². The first-order valence-corrected chi connectivity index (χ1v) is 7.55. The van der Waals surface area contributed by atoms with Gasteiger partial charge in [-0.15, -0.1) is 0 Å². The molecule has 1 fully saturated rings. The molecule has 1 aliphatic rings. The van der Waals surface area contributed by atoms with Crippen molar-refractivity contribution in [1.82, 2.24) is 4.90 Å². The Morgan fingerprint density at radius 1 is 1.10 bits per heavy atom. The van der Waals surface area contributed by atoms with Crippen LogP contribution in [0.5, 0.6) is 0 Å². The van der Waals surface area contributed by atoms with Crippen LogP contribution in [0.3, 0.4) is 0 Å². The Labute approximate surface area is 127 Å². The lowest BCUT2D eigenvalue weighted by molar-refractivity contribution is -0.305. The van der Waals surface area contributed by atoms with Crippen LogP contribution in [0.15, 0.2) is 0 Å². The second-order valence-electron chi connectivity index (χ2n) is 6.52. The van der Waals surface area contributed by atoms with Gasteiger partial charge in [0, 0.05) is 26.2 Å². The van der Waals surface area contributed by atoms with Crippen molar-refractivity contribution in [3.05, 3.63) is 0 Å². The van der Waals surface area contributed by atoms with E-state index in [2.05, 4.69) is 0 Å². The van der Waals surface area contributed by atoms with Gasteiger partial charge in [-0.2, -0.15) is 0 Å². The molecule has 0 spiro atoms. The molecule has 0 aromatic rings. The van der Waals surface area contributed by atoms with Gasteiger partial charge in [0.15, 0.2) is 6.29 Å². The van der Waals surface area contributed by atoms with E-state index in [9.17, 15) is 10.2 Å². The predicted octanol–water partition coefficient (Wildman–Crippen LogP) is -1.14. The first kappa shape index (κ1) is 18.8. The second kappa shape index (κ2) is 7.82. The molecule has 1 aliphatic heterocycles. The Bertz CT molecular complexity index is 305. The monoisotopic (exact) mass is 305 g/mol. The lowest BCUT2D eigenvalue weighted by Crippen LogP contribution is -2.65. The van der Waals surface area contributed by atoms with Crippen LogP contribution in [0, 0.1) is 0 Å². The standard InChI is InChI=1S/C14H31N3O4/c1-9-11(18)10(17(7-5-15)8-6-16)12(19)13(20-9)21-14(2,3)4/h9-13,18-19H,5-8,15-16H2,1-4H3/t9-,10+,11-,12+,13+/m1/s1. The van der Waals surface area contributed by atoms with E-state index < -0.39 is 36.2 Å². The number of ether oxygens (including phenoxy) is 2. The second-order valence-corrected chi connectivity index (χ2v) is 6.52. The summed E-state index contributed by atoms with van der Waals surface area (Å²) in [5.74, 6) is 0. The Balaban J connectivity index is 2.91. The molecule has 0 aromatic carbocycles. The molecule has 7 nitrogen and oxygen atoms in total. The van der Waals surface area contributed by atoms with Crippen molar-refractivity contribution in [3.8, 4) is 0 Å². The van der Waals surface area contributed by atoms with Crippen LogP contribution in [-0.4, -0.2) is 77.5 Å². The van der Waals surface area contributed by atoms with E-state index in [1.54, 1.807) is 6.92 Å². The maximum absolute atomic E-state index is 10.6. The third kappa shape index (κ3) is 5.14. The van der Waals surface area contributed by atoms with E-state index >= 15 is 0 Å². The fourth-order valence-electron chi connectivity index (χ4n) is 2.63. The Morgan fingerprint density at radius 2 is 1.62 bits per heavy atom. The van der Waals surface area contributed by atoms with Crippen LogP contribution in [-0.2, 0) is 9.47 Å². The van der Waals surface area contributed by atoms with Gasteiger partial charge in [-0.25, -0.2) is 0 Å².